The van der Waals surface area contributed by atoms with E-state index in [1.165, 1.54) is 5.56 Å². The van der Waals surface area contributed by atoms with Gasteiger partial charge in [-0.25, -0.2) is 0 Å². The zero-order valence-electron chi connectivity index (χ0n) is 18.1. The maximum absolute atomic E-state index is 12.7. The first kappa shape index (κ1) is 22.0. The molecule has 0 radical (unpaired) electrons. The van der Waals surface area contributed by atoms with E-state index in [9.17, 15) is 9.59 Å². The predicted octanol–water partition coefficient (Wildman–Crippen LogP) is 3.63. The molecular formula is C25H33N3O2. The summed E-state index contributed by atoms with van der Waals surface area (Å²) in [5.41, 5.74) is 3.08. The van der Waals surface area contributed by atoms with E-state index in [1.54, 1.807) is 0 Å². The van der Waals surface area contributed by atoms with Crippen molar-refractivity contribution in [2.45, 2.75) is 45.7 Å². The summed E-state index contributed by atoms with van der Waals surface area (Å²) in [5, 5.41) is 3.05. The minimum atomic E-state index is 0.0619. The third kappa shape index (κ3) is 6.17. The summed E-state index contributed by atoms with van der Waals surface area (Å²) >= 11 is 0. The number of hydrogen-bond donors (Lipinski definition) is 1. The Bertz CT molecular complexity index is 812. The molecule has 5 nitrogen and oxygen atoms in total. The van der Waals surface area contributed by atoms with Gasteiger partial charge in [0.1, 0.15) is 0 Å². The quantitative estimate of drug-likeness (QED) is 0.727. The molecule has 2 amide bonds. The Morgan fingerprint density at radius 2 is 1.70 bits per heavy atom. The second-order valence-corrected chi connectivity index (χ2v) is 8.12. The number of carbonyl (C=O) groups is 2. The molecule has 0 atom stereocenters. The van der Waals surface area contributed by atoms with Gasteiger partial charge in [-0.15, -0.1) is 0 Å². The van der Waals surface area contributed by atoms with Crippen molar-refractivity contribution in [3.05, 3.63) is 71.3 Å². The highest BCUT2D eigenvalue weighted by Gasteiger charge is 2.28. The predicted molar refractivity (Wildman–Crippen MR) is 120 cm³/mol. The Kier molecular flexibility index (Phi) is 8.03. The SMILES string of the molecule is CCCN(CC(=O)NCc1ccc(C)cc1)C1CCN(C(=O)c2ccccc2)CC1. The first-order valence-corrected chi connectivity index (χ1v) is 11.0. The number of nitrogens with zero attached hydrogens (tertiary/aromatic N) is 2. The molecule has 0 aromatic heterocycles. The van der Waals surface area contributed by atoms with Crippen molar-refractivity contribution in [2.75, 3.05) is 26.2 Å². The van der Waals surface area contributed by atoms with Crippen LogP contribution in [0.1, 0.15) is 47.7 Å². The van der Waals surface area contributed by atoms with Gasteiger partial charge in [0.05, 0.1) is 6.54 Å². The lowest BCUT2D eigenvalue weighted by Gasteiger charge is -2.38. The molecule has 0 saturated carbocycles. The van der Waals surface area contributed by atoms with Gasteiger partial charge < -0.3 is 10.2 Å². The number of piperidine rings is 1. The number of aryl methyl sites for hydroxylation is 1. The van der Waals surface area contributed by atoms with E-state index in [4.69, 9.17) is 0 Å². The average molecular weight is 408 g/mol. The lowest BCUT2D eigenvalue weighted by Crippen LogP contribution is -2.49. The molecular weight excluding hydrogens is 374 g/mol. The third-order valence-electron chi connectivity index (χ3n) is 5.76. The van der Waals surface area contributed by atoms with Crippen molar-refractivity contribution in [2.24, 2.45) is 0 Å². The minimum Gasteiger partial charge on any atom is -0.351 e. The fourth-order valence-corrected chi connectivity index (χ4v) is 4.02. The van der Waals surface area contributed by atoms with Crippen molar-refractivity contribution >= 4 is 11.8 Å². The summed E-state index contributed by atoms with van der Waals surface area (Å²) in [5.74, 6) is 0.166. The fraction of sp³-hybridized carbons (Fsp3) is 0.440. The maximum Gasteiger partial charge on any atom is 0.253 e. The standard InChI is InChI=1S/C25H33N3O2/c1-3-15-28(19-24(29)26-18-21-11-9-20(2)10-12-21)23-13-16-27(17-14-23)25(30)22-7-5-4-6-8-22/h4-12,23H,3,13-19H2,1-2H3,(H,26,29). The van der Waals surface area contributed by atoms with Gasteiger partial charge in [0.2, 0.25) is 5.91 Å². The van der Waals surface area contributed by atoms with Gasteiger partial charge >= 0.3 is 0 Å². The number of likely N-dealkylation sites (tertiary alicyclic amines) is 1. The van der Waals surface area contributed by atoms with Gasteiger partial charge in [0, 0.05) is 31.2 Å². The van der Waals surface area contributed by atoms with E-state index < -0.39 is 0 Å². The highest BCUT2D eigenvalue weighted by Crippen LogP contribution is 2.19. The van der Waals surface area contributed by atoms with Crippen LogP contribution in [0.5, 0.6) is 0 Å². The third-order valence-corrected chi connectivity index (χ3v) is 5.76. The van der Waals surface area contributed by atoms with E-state index in [0.717, 1.165) is 50.0 Å². The summed E-state index contributed by atoms with van der Waals surface area (Å²) < 4.78 is 0. The Morgan fingerprint density at radius 3 is 2.33 bits per heavy atom. The topological polar surface area (TPSA) is 52.7 Å². The number of carbonyl (C=O) groups excluding carboxylic acids is 2. The molecule has 0 unspecified atom stereocenters. The molecule has 1 N–H and O–H groups in total. The van der Waals surface area contributed by atoms with Crippen LogP contribution in [0.3, 0.4) is 0 Å². The molecule has 0 aliphatic carbocycles. The number of benzene rings is 2. The van der Waals surface area contributed by atoms with Crippen LogP contribution < -0.4 is 5.32 Å². The second kappa shape index (κ2) is 10.9. The van der Waals surface area contributed by atoms with Crippen molar-refractivity contribution in [1.82, 2.24) is 15.1 Å². The molecule has 1 aliphatic heterocycles. The van der Waals surface area contributed by atoms with Gasteiger partial charge in [-0.3, -0.25) is 14.5 Å². The molecule has 30 heavy (non-hydrogen) atoms. The molecule has 3 rings (SSSR count). The van der Waals surface area contributed by atoms with E-state index in [2.05, 4.69) is 48.3 Å². The molecule has 2 aromatic rings. The van der Waals surface area contributed by atoms with Crippen molar-refractivity contribution < 1.29 is 9.59 Å². The van der Waals surface area contributed by atoms with Crippen LogP contribution in [-0.4, -0.2) is 53.8 Å². The van der Waals surface area contributed by atoms with Gasteiger partial charge in [0.25, 0.3) is 5.91 Å². The molecule has 2 aromatic carbocycles. The Morgan fingerprint density at radius 1 is 1.03 bits per heavy atom. The van der Waals surface area contributed by atoms with Crippen LogP contribution in [-0.2, 0) is 11.3 Å². The van der Waals surface area contributed by atoms with E-state index in [0.29, 0.717) is 19.1 Å². The monoisotopic (exact) mass is 407 g/mol. The van der Waals surface area contributed by atoms with Crippen LogP contribution in [0.15, 0.2) is 54.6 Å². The summed E-state index contributed by atoms with van der Waals surface area (Å²) in [4.78, 5) is 29.4. The molecule has 1 heterocycles. The van der Waals surface area contributed by atoms with E-state index in [1.807, 2.05) is 35.2 Å². The average Bonchev–Trinajstić information content (AvgIpc) is 2.78. The Hall–Kier alpha value is -2.66. The van der Waals surface area contributed by atoms with Crippen LogP contribution in [0.2, 0.25) is 0 Å². The number of nitrogens with one attached hydrogen (secondary N) is 1. The molecule has 1 saturated heterocycles. The highest BCUT2D eigenvalue weighted by molar-refractivity contribution is 5.94. The highest BCUT2D eigenvalue weighted by atomic mass is 16.2. The lowest BCUT2D eigenvalue weighted by molar-refractivity contribution is -0.123. The molecule has 1 fully saturated rings. The van der Waals surface area contributed by atoms with Crippen LogP contribution in [0.4, 0.5) is 0 Å². The van der Waals surface area contributed by atoms with Crippen LogP contribution in [0.25, 0.3) is 0 Å². The van der Waals surface area contributed by atoms with Crippen LogP contribution >= 0.6 is 0 Å². The van der Waals surface area contributed by atoms with E-state index >= 15 is 0 Å². The van der Waals surface area contributed by atoms with Gasteiger partial charge in [-0.2, -0.15) is 0 Å². The molecule has 0 bridgehead atoms. The van der Waals surface area contributed by atoms with Crippen molar-refractivity contribution in [3.8, 4) is 0 Å². The van der Waals surface area contributed by atoms with Crippen molar-refractivity contribution in [1.29, 1.82) is 0 Å². The fourth-order valence-electron chi connectivity index (χ4n) is 4.02. The van der Waals surface area contributed by atoms with E-state index in [-0.39, 0.29) is 11.8 Å². The Labute approximate surface area is 180 Å². The zero-order chi connectivity index (χ0) is 21.3. The number of hydrogen-bond acceptors (Lipinski definition) is 3. The van der Waals surface area contributed by atoms with Crippen LogP contribution in [0, 0.1) is 6.92 Å². The lowest BCUT2D eigenvalue weighted by atomic mass is 10.0. The summed E-state index contributed by atoms with van der Waals surface area (Å²) in [6, 6.07) is 18.1. The normalized spacial score (nSPS) is 14.7. The first-order valence-electron chi connectivity index (χ1n) is 11.0. The first-order chi connectivity index (χ1) is 14.6. The summed E-state index contributed by atoms with van der Waals surface area (Å²) in [6.07, 6.45) is 2.82. The van der Waals surface area contributed by atoms with Gasteiger partial charge in [-0.05, 0) is 50.4 Å². The number of rotatable bonds is 8. The maximum atomic E-state index is 12.7. The molecule has 1 aliphatic rings. The van der Waals surface area contributed by atoms with Gasteiger partial charge in [0.15, 0.2) is 0 Å². The zero-order valence-corrected chi connectivity index (χ0v) is 18.1. The summed E-state index contributed by atoms with van der Waals surface area (Å²) in [6.45, 7) is 7.55. The molecule has 0 spiro atoms. The van der Waals surface area contributed by atoms with Crippen molar-refractivity contribution in [3.63, 3.8) is 0 Å². The minimum absolute atomic E-state index is 0.0619. The largest absolute Gasteiger partial charge is 0.351 e. The smallest absolute Gasteiger partial charge is 0.253 e. The summed E-state index contributed by atoms with van der Waals surface area (Å²) in [7, 11) is 0. The Balaban J connectivity index is 1.49. The molecule has 160 valence electrons. The molecule has 5 heteroatoms. The van der Waals surface area contributed by atoms with Gasteiger partial charge in [-0.1, -0.05) is 55.0 Å². The number of amides is 2. The second-order valence-electron chi connectivity index (χ2n) is 8.12.